The molecule has 0 bridgehead atoms. The zero-order valence-electron chi connectivity index (χ0n) is 16.4. The molecule has 4 nitrogen and oxygen atoms in total. The van der Waals surface area contributed by atoms with Crippen LogP contribution in [0.3, 0.4) is 0 Å². The maximum absolute atomic E-state index is 13.0. The fourth-order valence-electron chi connectivity index (χ4n) is 3.01. The Bertz CT molecular complexity index is 947. The van der Waals surface area contributed by atoms with Gasteiger partial charge in [0.15, 0.2) is 5.13 Å². The molecular weight excluding hydrogens is 354 g/mol. The van der Waals surface area contributed by atoms with Crippen molar-refractivity contribution in [3.63, 3.8) is 0 Å². The summed E-state index contributed by atoms with van der Waals surface area (Å²) < 4.78 is 0. The first kappa shape index (κ1) is 19.1. The van der Waals surface area contributed by atoms with Crippen LogP contribution < -0.4 is 10.2 Å². The number of rotatable bonds is 5. The van der Waals surface area contributed by atoms with Gasteiger partial charge in [-0.1, -0.05) is 61.6 Å². The Morgan fingerprint density at radius 3 is 2.44 bits per heavy atom. The number of anilines is 3. The Morgan fingerprint density at radius 2 is 1.78 bits per heavy atom. The van der Waals surface area contributed by atoms with Crippen LogP contribution in [0.5, 0.6) is 0 Å². The number of hydrogen-bond acceptors (Lipinski definition) is 4. The molecule has 5 heteroatoms. The van der Waals surface area contributed by atoms with Gasteiger partial charge in [-0.2, -0.15) is 0 Å². The molecule has 2 aromatic carbocycles. The minimum absolute atomic E-state index is 0.103. The van der Waals surface area contributed by atoms with E-state index >= 15 is 0 Å². The third-order valence-electron chi connectivity index (χ3n) is 4.59. The molecule has 0 aliphatic heterocycles. The van der Waals surface area contributed by atoms with Gasteiger partial charge in [-0.3, -0.25) is 4.79 Å². The van der Waals surface area contributed by atoms with E-state index in [4.69, 9.17) is 0 Å². The number of benzene rings is 2. The third-order valence-corrected chi connectivity index (χ3v) is 5.82. The Morgan fingerprint density at radius 1 is 1.07 bits per heavy atom. The van der Waals surface area contributed by atoms with E-state index in [9.17, 15) is 4.79 Å². The van der Waals surface area contributed by atoms with E-state index in [0.29, 0.717) is 10.8 Å². The zero-order chi connectivity index (χ0) is 19.6. The summed E-state index contributed by atoms with van der Waals surface area (Å²) in [7, 11) is 1.97. The Kier molecular flexibility index (Phi) is 5.61. The second-order valence-corrected chi connectivity index (χ2v) is 7.93. The van der Waals surface area contributed by atoms with Crippen LogP contribution in [0, 0.1) is 13.8 Å². The molecule has 27 heavy (non-hydrogen) atoms. The van der Waals surface area contributed by atoms with E-state index in [1.54, 1.807) is 0 Å². The van der Waals surface area contributed by atoms with Gasteiger partial charge in [0.2, 0.25) is 0 Å². The van der Waals surface area contributed by atoms with E-state index in [1.165, 1.54) is 11.3 Å². The summed E-state index contributed by atoms with van der Waals surface area (Å²) in [5.41, 5.74) is 4.91. The molecule has 0 radical (unpaired) electrons. The number of amides is 1. The fourth-order valence-corrected chi connectivity index (χ4v) is 3.96. The first-order chi connectivity index (χ1) is 12.9. The van der Waals surface area contributed by atoms with Crippen LogP contribution in [0.1, 0.15) is 46.3 Å². The van der Waals surface area contributed by atoms with Gasteiger partial charge in [-0.25, -0.2) is 4.98 Å². The van der Waals surface area contributed by atoms with Crippen LogP contribution in [-0.4, -0.2) is 17.9 Å². The lowest BCUT2D eigenvalue weighted by atomic mass is 9.98. The lowest BCUT2D eigenvalue weighted by Crippen LogP contribution is -2.14. The predicted octanol–water partition coefficient (Wildman–Crippen LogP) is 5.90. The number of aromatic nitrogens is 1. The Balaban J connectivity index is 1.88. The summed E-state index contributed by atoms with van der Waals surface area (Å²) in [4.78, 5) is 20.2. The van der Waals surface area contributed by atoms with Gasteiger partial charge in [0.25, 0.3) is 5.91 Å². The van der Waals surface area contributed by atoms with Crippen LogP contribution in [0.15, 0.2) is 48.5 Å². The quantitative estimate of drug-likeness (QED) is 0.600. The average molecular weight is 380 g/mol. The van der Waals surface area contributed by atoms with Crippen molar-refractivity contribution in [2.45, 2.75) is 33.6 Å². The number of hydrogen-bond donors (Lipinski definition) is 1. The maximum Gasteiger partial charge on any atom is 0.267 e. The maximum atomic E-state index is 13.0. The van der Waals surface area contributed by atoms with Crippen molar-refractivity contribution < 1.29 is 4.79 Å². The molecule has 3 aromatic rings. The molecule has 1 N–H and O–H groups in total. The summed E-state index contributed by atoms with van der Waals surface area (Å²) in [5, 5.41) is 3.93. The normalized spacial score (nSPS) is 10.9. The molecule has 0 atom stereocenters. The van der Waals surface area contributed by atoms with E-state index < -0.39 is 0 Å². The van der Waals surface area contributed by atoms with Crippen molar-refractivity contribution >= 4 is 33.8 Å². The van der Waals surface area contributed by atoms with E-state index in [0.717, 1.165) is 33.3 Å². The van der Waals surface area contributed by atoms with Gasteiger partial charge >= 0.3 is 0 Å². The first-order valence-corrected chi connectivity index (χ1v) is 9.87. The highest BCUT2D eigenvalue weighted by molar-refractivity contribution is 7.17. The predicted molar refractivity (Wildman–Crippen MR) is 115 cm³/mol. The number of nitrogens with one attached hydrogen (secondary N) is 1. The topological polar surface area (TPSA) is 45.2 Å². The molecule has 1 aromatic heterocycles. The summed E-state index contributed by atoms with van der Waals surface area (Å²) in [5.74, 6) is 0.233. The lowest BCUT2D eigenvalue weighted by Gasteiger charge is -2.16. The molecule has 3 rings (SSSR count). The Labute approximate surface area is 164 Å². The highest BCUT2D eigenvalue weighted by Gasteiger charge is 2.20. The standard InChI is InChI=1S/C22H25N3OS/c1-14(2)18-13-9-10-15(3)19(18)24-21(26)20-16(4)23-22(27-20)25(5)17-11-7-6-8-12-17/h6-14H,1-5H3,(H,24,26). The number of aryl methyl sites for hydroxylation is 2. The van der Waals surface area contributed by atoms with Gasteiger partial charge in [-0.15, -0.1) is 0 Å². The lowest BCUT2D eigenvalue weighted by molar-refractivity contribution is 0.102. The van der Waals surface area contributed by atoms with Crippen LogP contribution >= 0.6 is 11.3 Å². The fraction of sp³-hybridized carbons (Fsp3) is 0.273. The molecule has 0 fully saturated rings. The van der Waals surface area contributed by atoms with Crippen molar-refractivity contribution in [3.05, 3.63) is 70.2 Å². The summed E-state index contributed by atoms with van der Waals surface area (Å²) in [6, 6.07) is 16.1. The molecular formula is C22H25N3OS. The minimum Gasteiger partial charge on any atom is -0.321 e. The molecule has 0 unspecified atom stereocenters. The van der Waals surface area contributed by atoms with Crippen LogP contribution in [0.2, 0.25) is 0 Å². The number of carbonyl (C=O) groups is 1. The number of thiazole rings is 1. The summed E-state index contributed by atoms with van der Waals surface area (Å²) in [6.45, 7) is 8.18. The molecule has 0 saturated carbocycles. The van der Waals surface area contributed by atoms with E-state index in [-0.39, 0.29) is 5.91 Å². The highest BCUT2D eigenvalue weighted by Crippen LogP contribution is 2.32. The van der Waals surface area contributed by atoms with Crippen LogP contribution in [0.4, 0.5) is 16.5 Å². The molecule has 0 aliphatic rings. The smallest absolute Gasteiger partial charge is 0.267 e. The van der Waals surface area contributed by atoms with Gasteiger partial charge in [0.1, 0.15) is 4.88 Å². The van der Waals surface area contributed by atoms with Crippen molar-refractivity contribution in [2.24, 2.45) is 0 Å². The second-order valence-electron chi connectivity index (χ2n) is 6.95. The molecule has 1 heterocycles. The van der Waals surface area contributed by atoms with Crippen molar-refractivity contribution in [1.82, 2.24) is 4.98 Å². The van der Waals surface area contributed by atoms with Gasteiger partial charge < -0.3 is 10.2 Å². The van der Waals surface area contributed by atoms with Crippen LogP contribution in [0.25, 0.3) is 0 Å². The third kappa shape index (κ3) is 4.03. The van der Waals surface area contributed by atoms with Gasteiger partial charge in [0.05, 0.1) is 5.69 Å². The van der Waals surface area contributed by atoms with E-state index in [2.05, 4.69) is 30.2 Å². The number of nitrogens with zero attached hydrogens (tertiary/aromatic N) is 2. The van der Waals surface area contributed by atoms with Crippen molar-refractivity contribution in [3.8, 4) is 0 Å². The molecule has 1 amide bonds. The number of para-hydroxylation sites is 2. The second kappa shape index (κ2) is 7.92. The summed E-state index contributed by atoms with van der Waals surface area (Å²) >= 11 is 1.41. The first-order valence-electron chi connectivity index (χ1n) is 9.05. The van der Waals surface area contributed by atoms with Crippen LogP contribution in [-0.2, 0) is 0 Å². The SMILES string of the molecule is Cc1cccc(C(C)C)c1NC(=O)c1sc(N(C)c2ccccc2)nc1C. The molecule has 0 saturated heterocycles. The Hall–Kier alpha value is -2.66. The monoisotopic (exact) mass is 379 g/mol. The molecule has 0 aliphatic carbocycles. The minimum atomic E-state index is -0.103. The molecule has 140 valence electrons. The molecule has 0 spiro atoms. The zero-order valence-corrected chi connectivity index (χ0v) is 17.2. The summed E-state index contributed by atoms with van der Waals surface area (Å²) in [6.07, 6.45) is 0. The van der Waals surface area contributed by atoms with Gasteiger partial charge in [-0.05, 0) is 43.0 Å². The van der Waals surface area contributed by atoms with Crippen molar-refractivity contribution in [2.75, 3.05) is 17.3 Å². The van der Waals surface area contributed by atoms with Gasteiger partial charge in [0, 0.05) is 18.4 Å². The average Bonchev–Trinajstić information content (AvgIpc) is 3.05. The largest absolute Gasteiger partial charge is 0.321 e. The van der Waals surface area contributed by atoms with E-state index in [1.807, 2.05) is 68.3 Å². The van der Waals surface area contributed by atoms with Crippen molar-refractivity contribution in [1.29, 1.82) is 0 Å². The number of carbonyl (C=O) groups excluding carboxylic acids is 1. The highest BCUT2D eigenvalue weighted by atomic mass is 32.1.